The van der Waals surface area contributed by atoms with Gasteiger partial charge >= 0.3 is 0 Å². The minimum absolute atomic E-state index is 0.267. The van der Waals surface area contributed by atoms with E-state index in [1.54, 1.807) is 0 Å². The van der Waals surface area contributed by atoms with Crippen LogP contribution in [-0.4, -0.2) is 42.5 Å². The Hall–Kier alpha value is -0.610. The molecule has 0 spiro atoms. The number of hydrogen-bond donors (Lipinski definition) is 2. The third kappa shape index (κ3) is 4.62. The Kier molecular flexibility index (Phi) is 6.52. The predicted molar refractivity (Wildman–Crippen MR) is 63.7 cm³/mol. The molecular formula is C11H25N3O. The number of nitrogens with two attached hydrogens (primary N) is 1. The summed E-state index contributed by atoms with van der Waals surface area (Å²) in [6, 6.07) is 0. The molecule has 0 aliphatic heterocycles. The molecule has 0 rings (SSSR count). The van der Waals surface area contributed by atoms with E-state index >= 15 is 0 Å². The molecule has 1 amide bonds. The Labute approximate surface area is 93.2 Å². The van der Waals surface area contributed by atoms with Gasteiger partial charge in [-0.1, -0.05) is 20.8 Å². The number of nitrogens with zero attached hydrogens (tertiary/aromatic N) is 1. The second-order valence-corrected chi connectivity index (χ2v) is 4.00. The van der Waals surface area contributed by atoms with Gasteiger partial charge in [-0.15, -0.1) is 0 Å². The molecule has 15 heavy (non-hydrogen) atoms. The van der Waals surface area contributed by atoms with E-state index in [4.69, 9.17) is 5.73 Å². The van der Waals surface area contributed by atoms with Crippen molar-refractivity contribution in [1.82, 2.24) is 10.2 Å². The van der Waals surface area contributed by atoms with E-state index in [-0.39, 0.29) is 5.91 Å². The van der Waals surface area contributed by atoms with Crippen molar-refractivity contribution in [3.63, 3.8) is 0 Å². The minimum Gasteiger partial charge on any atom is -0.368 e. The summed E-state index contributed by atoms with van der Waals surface area (Å²) in [5.41, 5.74) is 4.83. The second-order valence-electron chi connectivity index (χ2n) is 4.00. The fraction of sp³-hybridized carbons (Fsp3) is 0.909. The van der Waals surface area contributed by atoms with Gasteiger partial charge in [0, 0.05) is 6.54 Å². The van der Waals surface area contributed by atoms with E-state index in [0.717, 1.165) is 32.6 Å². The monoisotopic (exact) mass is 215 g/mol. The van der Waals surface area contributed by atoms with Crippen molar-refractivity contribution in [3.05, 3.63) is 0 Å². The summed E-state index contributed by atoms with van der Waals surface area (Å²) in [4.78, 5) is 13.6. The smallest absolute Gasteiger partial charge is 0.237 e. The molecule has 0 aliphatic rings. The first kappa shape index (κ1) is 14.4. The number of rotatable bonds is 8. The van der Waals surface area contributed by atoms with Crippen molar-refractivity contribution in [2.45, 2.75) is 39.7 Å². The number of nitrogens with one attached hydrogen (secondary N) is 1. The number of amides is 1. The van der Waals surface area contributed by atoms with Gasteiger partial charge in [0.1, 0.15) is 0 Å². The summed E-state index contributed by atoms with van der Waals surface area (Å²) in [6.45, 7) is 11.8. The maximum atomic E-state index is 11.3. The average molecular weight is 215 g/mol. The molecular weight excluding hydrogens is 190 g/mol. The summed E-state index contributed by atoms with van der Waals surface area (Å²) in [6.07, 6.45) is 0.762. The van der Waals surface area contributed by atoms with E-state index in [1.807, 2.05) is 13.8 Å². The van der Waals surface area contributed by atoms with Crippen LogP contribution in [0.3, 0.4) is 0 Å². The molecule has 0 saturated carbocycles. The van der Waals surface area contributed by atoms with Gasteiger partial charge in [-0.2, -0.15) is 0 Å². The minimum atomic E-state index is -0.572. The zero-order valence-electron chi connectivity index (χ0n) is 10.5. The molecule has 0 saturated heterocycles. The van der Waals surface area contributed by atoms with E-state index in [2.05, 4.69) is 24.1 Å². The van der Waals surface area contributed by atoms with Crippen LogP contribution in [-0.2, 0) is 4.79 Å². The fourth-order valence-corrected chi connectivity index (χ4v) is 1.61. The Balaban J connectivity index is 4.23. The summed E-state index contributed by atoms with van der Waals surface area (Å²) in [5.74, 6) is -0.267. The SMILES string of the molecule is CCNC(C)(CCN(CC)CC)C(N)=O. The van der Waals surface area contributed by atoms with Crippen LogP contribution in [0.5, 0.6) is 0 Å². The van der Waals surface area contributed by atoms with Crippen LogP contribution in [0, 0.1) is 0 Å². The molecule has 0 aromatic carbocycles. The zero-order valence-corrected chi connectivity index (χ0v) is 10.5. The molecule has 0 aliphatic carbocycles. The highest BCUT2D eigenvalue weighted by Crippen LogP contribution is 2.09. The largest absolute Gasteiger partial charge is 0.368 e. The van der Waals surface area contributed by atoms with E-state index in [1.165, 1.54) is 0 Å². The summed E-state index contributed by atoms with van der Waals surface area (Å²) in [5, 5.41) is 3.16. The van der Waals surface area contributed by atoms with Crippen LogP contribution in [0.4, 0.5) is 0 Å². The van der Waals surface area contributed by atoms with Crippen LogP contribution in [0.2, 0.25) is 0 Å². The maximum Gasteiger partial charge on any atom is 0.237 e. The van der Waals surface area contributed by atoms with Crippen molar-refractivity contribution in [2.24, 2.45) is 5.73 Å². The third-order valence-electron chi connectivity index (χ3n) is 2.93. The van der Waals surface area contributed by atoms with Gasteiger partial charge in [0.2, 0.25) is 5.91 Å². The second kappa shape index (κ2) is 6.80. The van der Waals surface area contributed by atoms with Gasteiger partial charge in [-0.25, -0.2) is 0 Å². The number of hydrogen-bond acceptors (Lipinski definition) is 3. The Bertz CT molecular complexity index is 192. The lowest BCUT2D eigenvalue weighted by Gasteiger charge is -2.29. The standard InChI is InChI=1S/C11H25N3O/c1-5-13-11(4,10(12)15)8-9-14(6-2)7-3/h13H,5-9H2,1-4H3,(H2,12,15). The lowest BCUT2D eigenvalue weighted by Crippen LogP contribution is -2.54. The fourth-order valence-electron chi connectivity index (χ4n) is 1.61. The van der Waals surface area contributed by atoms with Crippen molar-refractivity contribution in [2.75, 3.05) is 26.2 Å². The Morgan fingerprint density at radius 2 is 1.87 bits per heavy atom. The van der Waals surface area contributed by atoms with Crippen LogP contribution in [0.25, 0.3) is 0 Å². The highest BCUT2D eigenvalue weighted by Gasteiger charge is 2.29. The maximum absolute atomic E-state index is 11.3. The molecule has 0 fully saturated rings. The Morgan fingerprint density at radius 3 is 2.20 bits per heavy atom. The van der Waals surface area contributed by atoms with Crippen LogP contribution < -0.4 is 11.1 Å². The van der Waals surface area contributed by atoms with E-state index < -0.39 is 5.54 Å². The lowest BCUT2D eigenvalue weighted by atomic mass is 9.96. The molecule has 4 heteroatoms. The molecule has 0 aromatic rings. The van der Waals surface area contributed by atoms with E-state index in [9.17, 15) is 4.79 Å². The quantitative estimate of drug-likeness (QED) is 0.622. The van der Waals surface area contributed by atoms with Crippen LogP contribution >= 0.6 is 0 Å². The highest BCUT2D eigenvalue weighted by atomic mass is 16.1. The molecule has 0 heterocycles. The third-order valence-corrected chi connectivity index (χ3v) is 2.93. The molecule has 1 unspecified atom stereocenters. The van der Waals surface area contributed by atoms with Crippen LogP contribution in [0.1, 0.15) is 34.1 Å². The van der Waals surface area contributed by atoms with Gasteiger partial charge in [0.05, 0.1) is 5.54 Å². The lowest BCUT2D eigenvalue weighted by molar-refractivity contribution is -0.124. The van der Waals surface area contributed by atoms with Crippen molar-refractivity contribution in [3.8, 4) is 0 Å². The number of carbonyl (C=O) groups is 1. The first-order chi connectivity index (χ1) is 7.00. The average Bonchev–Trinajstić information content (AvgIpc) is 2.19. The van der Waals surface area contributed by atoms with Gasteiger partial charge in [0.25, 0.3) is 0 Å². The Morgan fingerprint density at radius 1 is 1.33 bits per heavy atom. The number of likely N-dealkylation sites (N-methyl/N-ethyl adjacent to an activating group) is 1. The number of primary amides is 1. The topological polar surface area (TPSA) is 58.4 Å². The van der Waals surface area contributed by atoms with Gasteiger partial charge in [0.15, 0.2) is 0 Å². The predicted octanol–water partition coefficient (Wildman–Crippen LogP) is 0.572. The molecule has 4 nitrogen and oxygen atoms in total. The van der Waals surface area contributed by atoms with Crippen molar-refractivity contribution in [1.29, 1.82) is 0 Å². The first-order valence-corrected chi connectivity index (χ1v) is 5.77. The summed E-state index contributed by atoms with van der Waals surface area (Å²) in [7, 11) is 0. The van der Waals surface area contributed by atoms with Gasteiger partial charge < -0.3 is 16.0 Å². The molecule has 3 N–H and O–H groups in total. The normalized spacial score (nSPS) is 15.3. The van der Waals surface area contributed by atoms with Crippen LogP contribution in [0.15, 0.2) is 0 Å². The highest BCUT2D eigenvalue weighted by molar-refractivity contribution is 5.84. The summed E-state index contributed by atoms with van der Waals surface area (Å²) >= 11 is 0. The van der Waals surface area contributed by atoms with Gasteiger partial charge in [-0.3, -0.25) is 4.79 Å². The molecule has 90 valence electrons. The zero-order chi connectivity index (χ0) is 11.9. The van der Waals surface area contributed by atoms with Crippen molar-refractivity contribution < 1.29 is 4.79 Å². The number of carbonyl (C=O) groups excluding carboxylic acids is 1. The molecule has 1 atom stereocenters. The molecule has 0 aromatic heterocycles. The molecule has 0 bridgehead atoms. The van der Waals surface area contributed by atoms with Gasteiger partial charge in [-0.05, 0) is 33.0 Å². The van der Waals surface area contributed by atoms with Crippen molar-refractivity contribution >= 4 is 5.91 Å². The molecule has 0 radical (unpaired) electrons. The summed E-state index contributed by atoms with van der Waals surface area (Å²) < 4.78 is 0. The van der Waals surface area contributed by atoms with E-state index in [0.29, 0.717) is 0 Å². The first-order valence-electron chi connectivity index (χ1n) is 5.77.